The molecule has 29 heavy (non-hydrogen) atoms. The summed E-state index contributed by atoms with van der Waals surface area (Å²) in [4.78, 5) is 4.85. The summed E-state index contributed by atoms with van der Waals surface area (Å²) >= 11 is 0. The molecule has 3 N–H and O–H groups in total. The van der Waals surface area contributed by atoms with Crippen LogP contribution < -0.4 is 10.6 Å². The number of nitrogens with zero attached hydrogens (tertiary/aromatic N) is 3. The van der Waals surface area contributed by atoms with Crippen LogP contribution in [0.1, 0.15) is 56.6 Å². The molecule has 1 fully saturated rings. The zero-order chi connectivity index (χ0) is 20.2. The molecule has 3 aromatic rings. The van der Waals surface area contributed by atoms with Crippen molar-refractivity contribution in [2.75, 3.05) is 17.2 Å². The average Bonchev–Trinajstić information content (AvgIpc) is 3.16. The fourth-order valence-electron chi connectivity index (χ4n) is 4.05. The van der Waals surface area contributed by atoms with Gasteiger partial charge >= 0.3 is 0 Å². The monoisotopic (exact) mass is 393 g/mol. The molecule has 0 unspecified atom stereocenters. The van der Waals surface area contributed by atoms with Crippen LogP contribution in [0.4, 0.5) is 11.6 Å². The van der Waals surface area contributed by atoms with Gasteiger partial charge in [-0.05, 0) is 24.3 Å². The summed E-state index contributed by atoms with van der Waals surface area (Å²) in [7, 11) is 0. The minimum absolute atomic E-state index is 0.211. The Hall–Kier alpha value is -2.60. The molecule has 2 heterocycles. The molecule has 0 saturated heterocycles. The number of hydrogen-bond donors (Lipinski definition) is 3. The summed E-state index contributed by atoms with van der Waals surface area (Å²) in [5.41, 5.74) is 3.23. The molecular weight excluding hydrogens is 362 g/mol. The van der Waals surface area contributed by atoms with Crippen LogP contribution in [-0.4, -0.2) is 32.4 Å². The summed E-state index contributed by atoms with van der Waals surface area (Å²) in [5, 5.41) is 21.9. The Morgan fingerprint density at radius 3 is 2.69 bits per heavy atom. The van der Waals surface area contributed by atoms with E-state index >= 15 is 0 Å². The van der Waals surface area contributed by atoms with Crippen LogP contribution in [0.5, 0.6) is 0 Å². The lowest BCUT2D eigenvalue weighted by molar-refractivity contribution is 0.0763. The Morgan fingerprint density at radius 1 is 1.14 bits per heavy atom. The number of nitrogens with one attached hydrogen (secondary N) is 2. The van der Waals surface area contributed by atoms with E-state index in [2.05, 4.69) is 41.7 Å². The molecule has 0 radical (unpaired) electrons. The highest BCUT2D eigenvalue weighted by atomic mass is 16.3. The van der Waals surface area contributed by atoms with Gasteiger partial charge in [0.25, 0.3) is 0 Å². The Morgan fingerprint density at radius 2 is 1.93 bits per heavy atom. The number of fused-ring (bicyclic) bond motifs is 1. The van der Waals surface area contributed by atoms with E-state index in [0.717, 1.165) is 55.2 Å². The van der Waals surface area contributed by atoms with Crippen molar-refractivity contribution in [3.05, 3.63) is 53.7 Å². The number of benzene rings is 1. The van der Waals surface area contributed by atoms with Gasteiger partial charge in [-0.25, -0.2) is 4.98 Å². The summed E-state index contributed by atoms with van der Waals surface area (Å²) in [5.74, 6) is 2.38. The van der Waals surface area contributed by atoms with E-state index in [4.69, 9.17) is 4.98 Å². The third-order valence-corrected chi connectivity index (χ3v) is 5.85. The minimum atomic E-state index is -0.211. The van der Waals surface area contributed by atoms with Crippen molar-refractivity contribution in [3.8, 4) is 0 Å². The number of hydrogen-bond acceptors (Lipinski definition) is 5. The lowest BCUT2D eigenvalue weighted by Crippen LogP contribution is -2.30. The van der Waals surface area contributed by atoms with Crippen molar-refractivity contribution < 1.29 is 5.11 Å². The largest absolute Gasteiger partial charge is 0.393 e. The fourth-order valence-corrected chi connectivity index (χ4v) is 4.05. The van der Waals surface area contributed by atoms with Gasteiger partial charge in [-0.15, -0.1) is 0 Å². The average molecular weight is 394 g/mol. The van der Waals surface area contributed by atoms with Crippen LogP contribution in [0.2, 0.25) is 0 Å². The predicted octanol–water partition coefficient (Wildman–Crippen LogP) is 4.43. The summed E-state index contributed by atoms with van der Waals surface area (Å²) < 4.78 is 1.89. The molecule has 154 valence electrons. The molecule has 4 rings (SSSR count). The van der Waals surface area contributed by atoms with Gasteiger partial charge in [0.15, 0.2) is 5.65 Å². The molecule has 0 bridgehead atoms. The van der Waals surface area contributed by atoms with E-state index in [-0.39, 0.29) is 12.0 Å². The third kappa shape index (κ3) is 4.53. The molecule has 0 amide bonds. The highest BCUT2D eigenvalue weighted by molar-refractivity contribution is 5.61. The minimum Gasteiger partial charge on any atom is -0.393 e. The smallest absolute Gasteiger partial charge is 0.163 e. The second kappa shape index (κ2) is 8.82. The van der Waals surface area contributed by atoms with E-state index in [1.165, 1.54) is 12.0 Å². The number of anilines is 2. The first-order valence-electron chi connectivity index (χ1n) is 10.7. The molecule has 1 aliphatic carbocycles. The van der Waals surface area contributed by atoms with Crippen LogP contribution >= 0.6 is 0 Å². The second-order valence-electron chi connectivity index (χ2n) is 8.35. The van der Waals surface area contributed by atoms with E-state index in [1.54, 1.807) is 0 Å². The van der Waals surface area contributed by atoms with Crippen LogP contribution in [0.15, 0.2) is 42.6 Å². The first kappa shape index (κ1) is 19.7. The molecule has 6 heteroatoms. The molecule has 1 aliphatic rings. The topological polar surface area (TPSA) is 74.5 Å². The Labute approximate surface area is 172 Å². The quantitative estimate of drug-likeness (QED) is 0.554. The van der Waals surface area contributed by atoms with Crippen LogP contribution in [0, 0.1) is 5.92 Å². The van der Waals surface area contributed by atoms with Gasteiger partial charge in [0.05, 0.1) is 12.3 Å². The number of aliphatic hydroxyl groups is 1. The lowest BCUT2D eigenvalue weighted by atomic mass is 9.86. The molecule has 6 nitrogen and oxygen atoms in total. The van der Waals surface area contributed by atoms with Gasteiger partial charge in [-0.1, -0.05) is 57.0 Å². The molecule has 1 aromatic carbocycles. The first-order valence-corrected chi connectivity index (χ1v) is 10.7. The van der Waals surface area contributed by atoms with Crippen molar-refractivity contribution >= 4 is 17.3 Å². The molecule has 2 atom stereocenters. The Kier molecular flexibility index (Phi) is 6.00. The highest BCUT2D eigenvalue weighted by Gasteiger charge is 2.23. The summed E-state index contributed by atoms with van der Waals surface area (Å²) in [6, 6.07) is 12.4. The van der Waals surface area contributed by atoms with Crippen molar-refractivity contribution in [2.45, 2.75) is 58.1 Å². The van der Waals surface area contributed by atoms with Gasteiger partial charge in [-0.3, -0.25) is 0 Å². The SMILES string of the molecule is CC(C)c1cnn2c(NCc3ccccc3)cc(NC[C@H]3CCCC[C@@H]3O)nc12. The van der Waals surface area contributed by atoms with E-state index in [0.29, 0.717) is 5.92 Å². The third-order valence-electron chi connectivity index (χ3n) is 5.85. The van der Waals surface area contributed by atoms with Gasteiger partial charge < -0.3 is 15.7 Å². The maximum atomic E-state index is 10.3. The molecule has 0 aliphatic heterocycles. The molecular formula is C23H31N5O. The standard InChI is InChI=1S/C23H31N5O/c1-16(2)19-15-26-28-22(25-13-17-8-4-3-5-9-17)12-21(27-23(19)28)24-14-18-10-6-7-11-20(18)29/h3-5,8-9,12,15-16,18,20,25,29H,6-7,10-11,13-14H2,1-2H3,(H,24,27)/t18-,20+/m1/s1. The summed E-state index contributed by atoms with van der Waals surface area (Å²) in [6.45, 7) is 5.79. The molecule has 1 saturated carbocycles. The van der Waals surface area contributed by atoms with E-state index in [1.807, 2.05) is 35.0 Å². The zero-order valence-corrected chi connectivity index (χ0v) is 17.3. The number of aliphatic hydroxyl groups excluding tert-OH is 1. The van der Waals surface area contributed by atoms with Crippen molar-refractivity contribution in [2.24, 2.45) is 5.92 Å². The normalized spacial score (nSPS) is 19.6. The van der Waals surface area contributed by atoms with Gasteiger partial charge in [0.2, 0.25) is 0 Å². The predicted molar refractivity (Wildman–Crippen MR) is 117 cm³/mol. The molecule has 0 spiro atoms. The van der Waals surface area contributed by atoms with E-state index in [9.17, 15) is 5.11 Å². The molecule has 2 aromatic heterocycles. The van der Waals surface area contributed by atoms with Crippen molar-refractivity contribution in [1.29, 1.82) is 0 Å². The van der Waals surface area contributed by atoms with Crippen molar-refractivity contribution in [1.82, 2.24) is 14.6 Å². The lowest BCUT2D eigenvalue weighted by Gasteiger charge is -2.27. The van der Waals surface area contributed by atoms with Crippen LogP contribution in [0.3, 0.4) is 0 Å². The van der Waals surface area contributed by atoms with Gasteiger partial charge in [0.1, 0.15) is 11.6 Å². The second-order valence-corrected chi connectivity index (χ2v) is 8.35. The maximum Gasteiger partial charge on any atom is 0.163 e. The van der Waals surface area contributed by atoms with Crippen LogP contribution in [0.25, 0.3) is 5.65 Å². The summed E-state index contributed by atoms with van der Waals surface area (Å²) in [6.07, 6.45) is 6.00. The number of aromatic nitrogens is 3. The Bertz CT molecular complexity index is 937. The fraction of sp³-hybridized carbons (Fsp3) is 0.478. The van der Waals surface area contributed by atoms with Gasteiger partial charge in [0, 0.05) is 30.6 Å². The highest BCUT2D eigenvalue weighted by Crippen LogP contribution is 2.27. The number of rotatable bonds is 7. The maximum absolute atomic E-state index is 10.3. The van der Waals surface area contributed by atoms with Crippen molar-refractivity contribution in [3.63, 3.8) is 0 Å². The van der Waals surface area contributed by atoms with Gasteiger partial charge in [-0.2, -0.15) is 9.61 Å². The van der Waals surface area contributed by atoms with E-state index < -0.39 is 0 Å². The Balaban J connectivity index is 1.58. The zero-order valence-electron chi connectivity index (χ0n) is 17.3. The van der Waals surface area contributed by atoms with Crippen LogP contribution in [-0.2, 0) is 6.54 Å². The first-order chi connectivity index (χ1) is 14.1.